The van der Waals surface area contributed by atoms with E-state index in [2.05, 4.69) is 26.0 Å². The van der Waals surface area contributed by atoms with E-state index in [9.17, 15) is 9.18 Å². The van der Waals surface area contributed by atoms with Gasteiger partial charge in [0.1, 0.15) is 11.5 Å². The van der Waals surface area contributed by atoms with Crippen LogP contribution in [0.2, 0.25) is 0 Å². The number of unbranched alkanes of at least 4 members (excludes halogenated alkanes) is 2. The van der Waals surface area contributed by atoms with E-state index in [1.54, 1.807) is 4.90 Å². The van der Waals surface area contributed by atoms with Crippen LogP contribution >= 0.6 is 0 Å². The molecule has 5 rings (SSSR count). The average molecular weight is 565 g/mol. The molecule has 220 valence electrons. The Morgan fingerprint density at radius 1 is 1.15 bits per heavy atom. The van der Waals surface area contributed by atoms with E-state index in [1.165, 1.54) is 12.3 Å². The van der Waals surface area contributed by atoms with Crippen LogP contribution in [0.15, 0.2) is 36.8 Å². The van der Waals surface area contributed by atoms with Crippen molar-refractivity contribution in [2.45, 2.75) is 70.4 Å². The summed E-state index contributed by atoms with van der Waals surface area (Å²) in [6.07, 6.45) is 14.8. The van der Waals surface area contributed by atoms with Crippen molar-refractivity contribution in [2.75, 3.05) is 40.0 Å². The number of hydrogen-bond donors (Lipinski definition) is 1. The number of ether oxygens (including phenoxy) is 2. The largest absolute Gasteiger partial charge is 0.382 e. The highest BCUT2D eigenvalue weighted by molar-refractivity contribution is 5.84. The Balaban J connectivity index is 1.14. The third-order valence-corrected chi connectivity index (χ3v) is 7.99. The van der Waals surface area contributed by atoms with Gasteiger partial charge in [0.15, 0.2) is 5.82 Å². The topological polar surface area (TPSA) is 94.4 Å². The fraction of sp³-hybridized carbons (Fsp3) is 0.548. The number of carbonyl (C=O) groups excluding carboxylic acids is 1. The van der Waals surface area contributed by atoms with Gasteiger partial charge in [-0.25, -0.2) is 19.2 Å². The number of carbonyl (C=O) groups is 1. The van der Waals surface area contributed by atoms with Crippen molar-refractivity contribution < 1.29 is 18.7 Å². The van der Waals surface area contributed by atoms with Crippen molar-refractivity contribution in [3.63, 3.8) is 0 Å². The molecular weight excluding hydrogens is 523 g/mol. The highest BCUT2D eigenvalue weighted by Crippen LogP contribution is 2.34. The van der Waals surface area contributed by atoms with E-state index in [4.69, 9.17) is 14.5 Å². The lowest BCUT2D eigenvalue weighted by atomic mass is 9.91. The lowest BCUT2D eigenvalue weighted by Gasteiger charge is -2.32. The lowest BCUT2D eigenvalue weighted by Crippen LogP contribution is -2.46. The minimum absolute atomic E-state index is 0.0642. The van der Waals surface area contributed by atoms with Crippen molar-refractivity contribution in [1.82, 2.24) is 29.7 Å². The van der Waals surface area contributed by atoms with Crippen LogP contribution in [0, 0.1) is 5.82 Å². The second-order valence-corrected chi connectivity index (χ2v) is 10.9. The summed E-state index contributed by atoms with van der Waals surface area (Å²) in [6, 6.07) is 3.79. The molecule has 9 nitrogen and oxygen atoms in total. The molecule has 0 saturated heterocycles. The van der Waals surface area contributed by atoms with Crippen molar-refractivity contribution in [3.05, 3.63) is 59.7 Å². The van der Waals surface area contributed by atoms with Crippen LogP contribution in [-0.2, 0) is 15.9 Å². The van der Waals surface area contributed by atoms with Gasteiger partial charge in [0.25, 0.3) is 0 Å². The van der Waals surface area contributed by atoms with Crippen LogP contribution in [0.4, 0.5) is 9.18 Å². The molecule has 2 aliphatic rings. The molecule has 0 aliphatic heterocycles. The number of allylic oxidation sites excluding steroid dienone is 1. The molecule has 2 amide bonds. The van der Waals surface area contributed by atoms with Gasteiger partial charge in [-0.3, -0.25) is 4.98 Å². The normalized spacial score (nSPS) is 18.4. The number of hydrogen-bond acceptors (Lipinski definition) is 6. The van der Waals surface area contributed by atoms with E-state index < -0.39 is 0 Å². The predicted octanol–water partition coefficient (Wildman–Crippen LogP) is 5.30. The molecule has 2 atom stereocenters. The first-order chi connectivity index (χ1) is 20.0. The Hall–Kier alpha value is -3.37. The highest BCUT2D eigenvalue weighted by Gasteiger charge is 2.27. The average Bonchev–Trinajstić information content (AvgIpc) is 3.60. The van der Waals surface area contributed by atoms with Crippen LogP contribution in [0.1, 0.15) is 75.0 Å². The maximum absolute atomic E-state index is 13.9. The molecule has 10 heteroatoms. The molecule has 3 aromatic heterocycles. The Bertz CT molecular complexity index is 1360. The van der Waals surface area contributed by atoms with Gasteiger partial charge in [-0.15, -0.1) is 0 Å². The number of rotatable bonds is 13. The molecule has 0 radical (unpaired) electrons. The third-order valence-electron chi connectivity index (χ3n) is 7.99. The number of nitrogens with zero attached hydrogens (tertiary/aromatic N) is 5. The van der Waals surface area contributed by atoms with Crippen molar-refractivity contribution in [3.8, 4) is 0 Å². The number of aromatic nitrogens is 4. The minimum atomic E-state index is -0.362. The zero-order valence-electron chi connectivity index (χ0n) is 24.1. The maximum atomic E-state index is 13.9. The number of urea groups is 1. The summed E-state index contributed by atoms with van der Waals surface area (Å²) in [5, 5.41) is 4.19. The van der Waals surface area contributed by atoms with Gasteiger partial charge in [0.05, 0.1) is 18.5 Å². The van der Waals surface area contributed by atoms with E-state index in [-0.39, 0.29) is 23.9 Å². The zero-order valence-corrected chi connectivity index (χ0v) is 24.1. The number of halogens is 1. The van der Waals surface area contributed by atoms with E-state index in [0.717, 1.165) is 86.0 Å². The first kappa shape index (κ1) is 29.1. The quantitative estimate of drug-likeness (QED) is 0.283. The Morgan fingerprint density at radius 2 is 2.00 bits per heavy atom. The highest BCUT2D eigenvalue weighted by atomic mass is 19.1. The monoisotopic (exact) mass is 564 g/mol. The van der Waals surface area contributed by atoms with Gasteiger partial charge in [-0.2, -0.15) is 0 Å². The summed E-state index contributed by atoms with van der Waals surface area (Å²) >= 11 is 0. The van der Waals surface area contributed by atoms with Crippen molar-refractivity contribution in [1.29, 1.82) is 0 Å². The number of fused-ring (bicyclic) bond motifs is 2. The summed E-state index contributed by atoms with van der Waals surface area (Å²) < 4.78 is 27.2. The Morgan fingerprint density at radius 3 is 2.85 bits per heavy atom. The number of pyridine rings is 1. The Labute approximate surface area is 241 Å². The molecule has 1 N–H and O–H groups in total. The lowest BCUT2D eigenvalue weighted by molar-refractivity contribution is 0.106. The van der Waals surface area contributed by atoms with Crippen molar-refractivity contribution in [2.24, 2.45) is 0 Å². The summed E-state index contributed by atoms with van der Waals surface area (Å²) in [4.78, 5) is 28.3. The van der Waals surface area contributed by atoms with Crippen LogP contribution in [0.3, 0.4) is 0 Å². The van der Waals surface area contributed by atoms with Gasteiger partial charge in [0.2, 0.25) is 0 Å². The number of nitrogens with one attached hydrogen (secondary N) is 1. The fourth-order valence-electron chi connectivity index (χ4n) is 5.71. The van der Waals surface area contributed by atoms with Crippen LogP contribution < -0.4 is 5.32 Å². The predicted molar refractivity (Wildman–Crippen MR) is 156 cm³/mol. The first-order valence-electron chi connectivity index (χ1n) is 14.9. The first-order valence-corrected chi connectivity index (χ1v) is 14.9. The SMILES string of the molecule is CCOCCCCCOCCN(C)C(=O)N[C@@H]1CCC[C@H](n2ccc3cnc(C4=CCc5ncc(F)cc54)nc32)C1. The number of likely N-dealkylation sites (N-methyl/N-ethyl adjacent to an activating group) is 1. The molecule has 0 bridgehead atoms. The molecule has 0 unspecified atom stereocenters. The summed E-state index contributed by atoms with van der Waals surface area (Å²) in [5.74, 6) is 0.220. The molecule has 0 spiro atoms. The molecule has 3 aromatic rings. The van der Waals surface area contributed by atoms with Crippen LogP contribution in [-0.4, -0.2) is 76.5 Å². The molecule has 1 saturated carbocycles. The Kier molecular flexibility index (Phi) is 9.95. The van der Waals surface area contributed by atoms with Gasteiger partial charge >= 0.3 is 6.03 Å². The molecule has 1 fully saturated rings. The van der Waals surface area contributed by atoms with Gasteiger partial charge in [0, 0.05) is 80.8 Å². The molecule has 0 aromatic carbocycles. The minimum Gasteiger partial charge on any atom is -0.382 e. The standard InChI is InChI=1S/C31H41FN6O3/c1-3-40-15-5-4-6-16-41-17-14-37(2)31(39)35-24-8-7-9-25(19-24)38-13-12-22-20-34-29(36-30(22)38)26-10-11-28-27(26)18-23(32)21-33-28/h10,12-13,18,20-21,24-25H,3-9,11,14-17,19H2,1-2H3,(H,35,39)/t24-,25+/m1/s1. The smallest absolute Gasteiger partial charge is 0.317 e. The molecule has 3 heterocycles. The third kappa shape index (κ3) is 7.29. The maximum Gasteiger partial charge on any atom is 0.317 e. The molecular formula is C31H41FN6O3. The van der Waals surface area contributed by atoms with Gasteiger partial charge < -0.3 is 24.3 Å². The van der Waals surface area contributed by atoms with E-state index >= 15 is 0 Å². The number of amides is 2. The summed E-state index contributed by atoms with van der Waals surface area (Å²) in [6.45, 7) is 5.38. The van der Waals surface area contributed by atoms with Crippen LogP contribution in [0.5, 0.6) is 0 Å². The second-order valence-electron chi connectivity index (χ2n) is 10.9. The molecule has 41 heavy (non-hydrogen) atoms. The van der Waals surface area contributed by atoms with E-state index in [1.807, 2.05) is 32.3 Å². The van der Waals surface area contributed by atoms with Gasteiger partial charge in [-0.1, -0.05) is 6.08 Å². The van der Waals surface area contributed by atoms with Crippen LogP contribution in [0.25, 0.3) is 16.6 Å². The van der Waals surface area contributed by atoms with Gasteiger partial charge in [-0.05, 0) is 64.0 Å². The summed E-state index contributed by atoms with van der Waals surface area (Å²) in [5.41, 5.74) is 3.29. The van der Waals surface area contributed by atoms with E-state index in [0.29, 0.717) is 32.0 Å². The second kappa shape index (κ2) is 14.0. The fourth-order valence-corrected chi connectivity index (χ4v) is 5.71. The van der Waals surface area contributed by atoms with Crippen molar-refractivity contribution >= 4 is 22.6 Å². The molecule has 2 aliphatic carbocycles. The summed E-state index contributed by atoms with van der Waals surface area (Å²) in [7, 11) is 1.82. The zero-order chi connectivity index (χ0) is 28.6.